The van der Waals surface area contributed by atoms with Crippen LogP contribution in [0.25, 0.3) is 0 Å². The molecule has 1 fully saturated rings. The molecule has 2 atom stereocenters. The van der Waals surface area contributed by atoms with Crippen molar-refractivity contribution in [1.29, 1.82) is 0 Å². The van der Waals surface area contributed by atoms with Gasteiger partial charge in [-0.15, -0.1) is 13.2 Å². The van der Waals surface area contributed by atoms with Gasteiger partial charge in [0.25, 0.3) is 0 Å². The summed E-state index contributed by atoms with van der Waals surface area (Å²) in [5.41, 5.74) is 6.04. The van der Waals surface area contributed by atoms with Gasteiger partial charge in [-0.25, -0.2) is 4.79 Å². The van der Waals surface area contributed by atoms with Crippen LogP contribution in [0.2, 0.25) is 0 Å². The van der Waals surface area contributed by atoms with Crippen LogP contribution in [0.4, 0.5) is 18.0 Å². The van der Waals surface area contributed by atoms with Gasteiger partial charge in [-0.1, -0.05) is 12.1 Å². The number of ether oxygens (including phenoxy) is 2. The number of rotatable bonds is 2. The number of carbonyl (C=O) groups is 1. The number of alkyl halides is 3. The topological polar surface area (TPSA) is 64.8 Å². The molecule has 1 aromatic rings. The van der Waals surface area contributed by atoms with Crippen molar-refractivity contribution in [3.8, 4) is 5.75 Å². The van der Waals surface area contributed by atoms with Gasteiger partial charge in [0.15, 0.2) is 0 Å². The lowest BCUT2D eigenvalue weighted by Gasteiger charge is -2.24. The Hall–Kier alpha value is -1.96. The Balaban J connectivity index is 2.10. The molecule has 0 aromatic heterocycles. The van der Waals surface area contributed by atoms with Crippen LogP contribution in [-0.4, -0.2) is 42.1 Å². The lowest BCUT2D eigenvalue weighted by Crippen LogP contribution is -2.36. The first-order chi connectivity index (χ1) is 10.9. The van der Waals surface area contributed by atoms with E-state index < -0.39 is 24.1 Å². The van der Waals surface area contributed by atoms with Crippen LogP contribution in [0.1, 0.15) is 32.3 Å². The molecule has 24 heavy (non-hydrogen) atoms. The number of likely N-dealkylation sites (tertiary alicyclic amines) is 1. The Labute approximate surface area is 138 Å². The normalized spacial score (nSPS) is 21.7. The molecule has 2 N–H and O–H groups in total. The third-order valence-corrected chi connectivity index (χ3v) is 3.54. The number of carbonyl (C=O) groups excluding carboxylic acids is 1. The van der Waals surface area contributed by atoms with Crippen molar-refractivity contribution in [3.63, 3.8) is 0 Å². The summed E-state index contributed by atoms with van der Waals surface area (Å²) < 4.78 is 46.2. The monoisotopic (exact) mass is 346 g/mol. The van der Waals surface area contributed by atoms with Gasteiger partial charge in [0.1, 0.15) is 11.4 Å². The Morgan fingerprint density at radius 3 is 2.50 bits per heavy atom. The van der Waals surface area contributed by atoms with Gasteiger partial charge >= 0.3 is 12.5 Å². The van der Waals surface area contributed by atoms with Gasteiger partial charge in [0.2, 0.25) is 0 Å². The first-order valence-corrected chi connectivity index (χ1v) is 7.54. The Morgan fingerprint density at radius 1 is 1.25 bits per heavy atom. The van der Waals surface area contributed by atoms with Crippen LogP contribution in [0, 0.1) is 0 Å². The summed E-state index contributed by atoms with van der Waals surface area (Å²) in [7, 11) is 0. The Morgan fingerprint density at radius 2 is 1.92 bits per heavy atom. The van der Waals surface area contributed by atoms with Gasteiger partial charge in [-0.2, -0.15) is 0 Å². The van der Waals surface area contributed by atoms with E-state index in [0.29, 0.717) is 5.56 Å². The first-order valence-electron chi connectivity index (χ1n) is 7.54. The third-order valence-electron chi connectivity index (χ3n) is 3.54. The quantitative estimate of drug-likeness (QED) is 0.893. The molecular formula is C16H21F3N2O3. The zero-order valence-corrected chi connectivity index (χ0v) is 13.8. The van der Waals surface area contributed by atoms with E-state index in [9.17, 15) is 18.0 Å². The summed E-state index contributed by atoms with van der Waals surface area (Å²) in [6.45, 7) is 5.85. The molecule has 0 saturated carbocycles. The average Bonchev–Trinajstić information content (AvgIpc) is 2.77. The van der Waals surface area contributed by atoms with Crippen molar-refractivity contribution in [3.05, 3.63) is 29.8 Å². The standard InChI is InChI=1S/C16H21F3N2O3/c1-15(2,3)24-14(22)21-8-12(13(20)9-21)10-5-4-6-11(7-10)23-16(17,18)19/h4-7,12-13H,8-9,20H2,1-3H3/t12-,13+/m1/s1. The van der Waals surface area contributed by atoms with Crippen LogP contribution in [0.3, 0.4) is 0 Å². The zero-order chi connectivity index (χ0) is 18.1. The molecule has 0 aliphatic carbocycles. The molecule has 0 radical (unpaired) electrons. The molecule has 8 heteroatoms. The van der Waals surface area contributed by atoms with E-state index in [1.807, 2.05) is 0 Å². The van der Waals surface area contributed by atoms with Crippen LogP contribution in [0.15, 0.2) is 24.3 Å². The smallest absolute Gasteiger partial charge is 0.444 e. The van der Waals surface area contributed by atoms with Crippen molar-refractivity contribution in [2.24, 2.45) is 5.73 Å². The number of benzene rings is 1. The summed E-state index contributed by atoms with van der Waals surface area (Å²) in [5.74, 6) is -0.586. The molecular weight excluding hydrogens is 325 g/mol. The molecule has 1 saturated heterocycles. The largest absolute Gasteiger partial charge is 0.573 e. The van der Waals surface area contributed by atoms with Crippen molar-refractivity contribution < 1.29 is 27.4 Å². The fourth-order valence-electron chi connectivity index (χ4n) is 2.60. The SMILES string of the molecule is CC(C)(C)OC(=O)N1C[C@H](c2cccc(OC(F)(F)F)c2)[C@@H](N)C1. The van der Waals surface area contributed by atoms with Gasteiger partial charge in [-0.3, -0.25) is 0 Å². The summed E-state index contributed by atoms with van der Waals surface area (Å²) in [6, 6.07) is 5.28. The molecule has 1 amide bonds. The average molecular weight is 346 g/mol. The fourth-order valence-corrected chi connectivity index (χ4v) is 2.60. The highest BCUT2D eigenvalue weighted by Gasteiger charge is 2.37. The van der Waals surface area contributed by atoms with E-state index in [4.69, 9.17) is 10.5 Å². The van der Waals surface area contributed by atoms with Gasteiger partial charge < -0.3 is 20.1 Å². The molecule has 1 aliphatic rings. The number of amides is 1. The number of halogens is 3. The number of hydrogen-bond donors (Lipinski definition) is 1. The second kappa shape index (κ2) is 6.51. The minimum Gasteiger partial charge on any atom is -0.444 e. The van der Waals surface area contributed by atoms with Crippen LogP contribution >= 0.6 is 0 Å². The second-order valence-corrected chi connectivity index (χ2v) is 6.78. The highest BCUT2D eigenvalue weighted by Crippen LogP contribution is 2.31. The first kappa shape index (κ1) is 18.4. The maximum atomic E-state index is 12.3. The minimum absolute atomic E-state index is 0.282. The molecule has 2 rings (SSSR count). The zero-order valence-electron chi connectivity index (χ0n) is 13.8. The maximum absolute atomic E-state index is 12.3. The summed E-state index contributed by atoms with van der Waals surface area (Å²) >= 11 is 0. The Kier molecular flexibility index (Phi) is 4.98. The molecule has 0 bridgehead atoms. The number of nitrogens with zero attached hydrogens (tertiary/aromatic N) is 1. The van der Waals surface area contributed by atoms with Crippen LogP contribution in [0.5, 0.6) is 5.75 Å². The number of hydrogen-bond acceptors (Lipinski definition) is 4. The van der Waals surface area contributed by atoms with Crippen molar-refractivity contribution in [2.45, 2.75) is 44.7 Å². The Bertz CT molecular complexity index is 599. The van der Waals surface area contributed by atoms with Crippen molar-refractivity contribution in [1.82, 2.24) is 4.90 Å². The van der Waals surface area contributed by atoms with E-state index in [0.717, 1.165) is 0 Å². The highest BCUT2D eigenvalue weighted by atomic mass is 19.4. The van der Waals surface area contributed by atoms with Crippen LogP contribution < -0.4 is 10.5 Å². The third kappa shape index (κ3) is 5.02. The molecule has 1 heterocycles. The molecule has 0 unspecified atom stereocenters. The summed E-state index contributed by atoms with van der Waals surface area (Å²) in [4.78, 5) is 13.6. The summed E-state index contributed by atoms with van der Waals surface area (Å²) in [6.07, 6.45) is -5.23. The molecule has 5 nitrogen and oxygen atoms in total. The van der Waals surface area contributed by atoms with Gasteiger partial charge in [0.05, 0.1) is 0 Å². The lowest BCUT2D eigenvalue weighted by atomic mass is 9.95. The summed E-state index contributed by atoms with van der Waals surface area (Å²) in [5, 5.41) is 0. The van der Waals surface area contributed by atoms with E-state index in [1.165, 1.54) is 23.1 Å². The highest BCUT2D eigenvalue weighted by molar-refractivity contribution is 5.69. The second-order valence-electron chi connectivity index (χ2n) is 6.78. The van der Waals surface area contributed by atoms with Gasteiger partial charge in [-0.05, 0) is 38.5 Å². The van der Waals surface area contributed by atoms with Crippen molar-refractivity contribution >= 4 is 6.09 Å². The molecule has 1 aliphatic heterocycles. The van der Waals surface area contributed by atoms with E-state index in [2.05, 4.69) is 4.74 Å². The molecule has 134 valence electrons. The van der Waals surface area contributed by atoms with Crippen molar-refractivity contribution in [2.75, 3.05) is 13.1 Å². The predicted molar refractivity (Wildman–Crippen MR) is 81.6 cm³/mol. The predicted octanol–water partition coefficient (Wildman–Crippen LogP) is 3.25. The fraction of sp³-hybridized carbons (Fsp3) is 0.562. The molecule has 1 aromatic carbocycles. The maximum Gasteiger partial charge on any atom is 0.573 e. The van der Waals surface area contributed by atoms with Crippen LogP contribution in [-0.2, 0) is 4.74 Å². The lowest BCUT2D eigenvalue weighted by molar-refractivity contribution is -0.274. The minimum atomic E-state index is -4.75. The van der Waals surface area contributed by atoms with E-state index >= 15 is 0 Å². The molecule has 0 spiro atoms. The van der Waals surface area contributed by atoms with E-state index in [-0.39, 0.29) is 24.8 Å². The van der Waals surface area contributed by atoms with E-state index in [1.54, 1.807) is 26.8 Å². The van der Waals surface area contributed by atoms with Gasteiger partial charge in [0, 0.05) is 25.0 Å². The number of nitrogens with two attached hydrogens (primary N) is 1.